The minimum absolute atomic E-state index is 0.0426. The maximum atomic E-state index is 4.61. The largest absolute Gasteiger partial charge is 0.357 e. The highest BCUT2D eigenvalue weighted by Crippen LogP contribution is 2.24. The standard InChI is InChI=1S/C14H26N4S/c1-5-8-18-9-6-11(7-10-18)15-13-16-12(17-19-13)14(2,3)4/h11H,5-10H2,1-4H3,(H,15,16,17). The Bertz CT molecular complexity index is 388. The van der Waals surface area contributed by atoms with E-state index in [2.05, 4.69) is 47.3 Å². The average molecular weight is 282 g/mol. The first-order valence-electron chi connectivity index (χ1n) is 7.32. The summed E-state index contributed by atoms with van der Waals surface area (Å²) in [6.07, 6.45) is 3.68. The van der Waals surface area contributed by atoms with Gasteiger partial charge in [0, 0.05) is 36.1 Å². The Morgan fingerprint density at radius 1 is 1.32 bits per heavy atom. The summed E-state index contributed by atoms with van der Waals surface area (Å²) in [5.74, 6) is 0.948. The summed E-state index contributed by atoms with van der Waals surface area (Å²) >= 11 is 1.50. The van der Waals surface area contributed by atoms with Crippen molar-refractivity contribution < 1.29 is 0 Å². The number of nitrogens with one attached hydrogen (secondary N) is 1. The molecule has 4 nitrogen and oxygen atoms in total. The van der Waals surface area contributed by atoms with Crippen molar-refractivity contribution in [2.45, 2.75) is 58.4 Å². The average Bonchev–Trinajstić information content (AvgIpc) is 2.80. The topological polar surface area (TPSA) is 41.0 Å². The zero-order valence-electron chi connectivity index (χ0n) is 12.6. The summed E-state index contributed by atoms with van der Waals surface area (Å²) in [5, 5.41) is 4.54. The fourth-order valence-electron chi connectivity index (χ4n) is 2.38. The summed E-state index contributed by atoms with van der Waals surface area (Å²) in [6, 6.07) is 0.564. The van der Waals surface area contributed by atoms with Crippen molar-refractivity contribution in [2.24, 2.45) is 0 Å². The van der Waals surface area contributed by atoms with Gasteiger partial charge in [0.2, 0.25) is 5.13 Å². The van der Waals surface area contributed by atoms with Crippen LogP contribution in [0.25, 0.3) is 0 Å². The lowest BCUT2D eigenvalue weighted by Crippen LogP contribution is -2.39. The van der Waals surface area contributed by atoms with Crippen molar-refractivity contribution >= 4 is 16.7 Å². The molecule has 1 N–H and O–H groups in total. The van der Waals surface area contributed by atoms with Gasteiger partial charge in [-0.15, -0.1) is 0 Å². The molecule has 19 heavy (non-hydrogen) atoms. The van der Waals surface area contributed by atoms with Crippen LogP contribution in [0.15, 0.2) is 0 Å². The molecule has 0 amide bonds. The zero-order chi connectivity index (χ0) is 13.9. The SMILES string of the molecule is CCCN1CCC(Nc2nc(C(C)(C)C)ns2)CC1. The predicted octanol–water partition coefficient (Wildman–Crippen LogP) is 3.12. The Morgan fingerprint density at radius 3 is 2.53 bits per heavy atom. The Morgan fingerprint density at radius 2 is 2.00 bits per heavy atom. The first kappa shape index (κ1) is 14.7. The van der Waals surface area contributed by atoms with E-state index in [1.807, 2.05) is 0 Å². The molecule has 0 aromatic carbocycles. The number of hydrogen-bond donors (Lipinski definition) is 1. The quantitative estimate of drug-likeness (QED) is 0.921. The van der Waals surface area contributed by atoms with Gasteiger partial charge in [0.15, 0.2) is 0 Å². The van der Waals surface area contributed by atoms with Crippen LogP contribution in [-0.4, -0.2) is 39.9 Å². The van der Waals surface area contributed by atoms with Crippen molar-refractivity contribution in [1.29, 1.82) is 0 Å². The molecular weight excluding hydrogens is 256 g/mol. The van der Waals surface area contributed by atoms with Gasteiger partial charge < -0.3 is 10.2 Å². The Labute approximate surface area is 120 Å². The van der Waals surface area contributed by atoms with Crippen molar-refractivity contribution in [3.8, 4) is 0 Å². The monoisotopic (exact) mass is 282 g/mol. The van der Waals surface area contributed by atoms with Gasteiger partial charge >= 0.3 is 0 Å². The minimum atomic E-state index is 0.0426. The van der Waals surface area contributed by atoms with Crippen molar-refractivity contribution in [1.82, 2.24) is 14.3 Å². The van der Waals surface area contributed by atoms with Gasteiger partial charge in [0.1, 0.15) is 5.82 Å². The molecule has 1 aliphatic rings. The van der Waals surface area contributed by atoms with Gasteiger partial charge in [-0.2, -0.15) is 4.37 Å². The highest BCUT2D eigenvalue weighted by Gasteiger charge is 2.22. The van der Waals surface area contributed by atoms with E-state index < -0.39 is 0 Å². The number of nitrogens with zero attached hydrogens (tertiary/aromatic N) is 3. The second kappa shape index (κ2) is 6.18. The molecule has 0 spiro atoms. The minimum Gasteiger partial charge on any atom is -0.357 e. The molecule has 0 unspecified atom stereocenters. The van der Waals surface area contributed by atoms with E-state index in [1.165, 1.54) is 50.4 Å². The first-order chi connectivity index (χ1) is 8.99. The van der Waals surface area contributed by atoms with Gasteiger partial charge in [-0.3, -0.25) is 0 Å². The third-order valence-electron chi connectivity index (χ3n) is 3.55. The van der Waals surface area contributed by atoms with Crippen molar-refractivity contribution in [2.75, 3.05) is 25.0 Å². The summed E-state index contributed by atoms with van der Waals surface area (Å²) in [4.78, 5) is 7.17. The van der Waals surface area contributed by atoms with E-state index in [9.17, 15) is 0 Å². The summed E-state index contributed by atoms with van der Waals surface area (Å²) in [5.41, 5.74) is 0.0426. The number of likely N-dealkylation sites (tertiary alicyclic amines) is 1. The number of rotatable bonds is 4. The molecule has 5 heteroatoms. The molecule has 108 valence electrons. The number of aromatic nitrogens is 2. The number of piperidine rings is 1. The fourth-order valence-corrected chi connectivity index (χ4v) is 3.21. The number of hydrogen-bond acceptors (Lipinski definition) is 5. The van der Waals surface area contributed by atoms with Gasteiger partial charge in [0.25, 0.3) is 0 Å². The lowest BCUT2D eigenvalue weighted by molar-refractivity contribution is 0.219. The van der Waals surface area contributed by atoms with Gasteiger partial charge in [0.05, 0.1) is 0 Å². The highest BCUT2D eigenvalue weighted by atomic mass is 32.1. The van der Waals surface area contributed by atoms with Gasteiger partial charge in [-0.25, -0.2) is 4.98 Å². The van der Waals surface area contributed by atoms with E-state index in [0.717, 1.165) is 11.0 Å². The molecule has 2 heterocycles. The Balaban J connectivity index is 1.84. The Hall–Kier alpha value is -0.680. The molecule has 0 atom stereocenters. The molecule has 0 radical (unpaired) electrons. The molecular formula is C14H26N4S. The van der Waals surface area contributed by atoms with Gasteiger partial charge in [-0.1, -0.05) is 27.7 Å². The van der Waals surface area contributed by atoms with Crippen LogP contribution in [0, 0.1) is 0 Å². The summed E-state index contributed by atoms with van der Waals surface area (Å²) < 4.78 is 4.45. The predicted molar refractivity (Wildman–Crippen MR) is 82.0 cm³/mol. The zero-order valence-corrected chi connectivity index (χ0v) is 13.4. The third kappa shape index (κ3) is 4.14. The smallest absolute Gasteiger partial charge is 0.202 e. The lowest BCUT2D eigenvalue weighted by atomic mass is 9.96. The van der Waals surface area contributed by atoms with E-state index in [0.29, 0.717) is 6.04 Å². The van der Waals surface area contributed by atoms with Crippen LogP contribution < -0.4 is 5.32 Å². The molecule has 2 rings (SSSR count). The second-order valence-corrected chi connectivity index (χ2v) is 7.19. The van der Waals surface area contributed by atoms with Crippen LogP contribution >= 0.6 is 11.5 Å². The van der Waals surface area contributed by atoms with E-state index in [4.69, 9.17) is 0 Å². The molecule has 1 aliphatic heterocycles. The van der Waals surface area contributed by atoms with Crippen LogP contribution in [-0.2, 0) is 5.41 Å². The normalized spacial score (nSPS) is 18.7. The lowest BCUT2D eigenvalue weighted by Gasteiger charge is -2.31. The summed E-state index contributed by atoms with van der Waals surface area (Å²) in [7, 11) is 0. The third-order valence-corrected chi connectivity index (χ3v) is 4.20. The van der Waals surface area contributed by atoms with Crippen LogP contribution in [0.2, 0.25) is 0 Å². The second-order valence-electron chi connectivity index (χ2n) is 6.43. The van der Waals surface area contributed by atoms with Crippen molar-refractivity contribution in [3.63, 3.8) is 0 Å². The molecule has 0 saturated carbocycles. The molecule has 1 saturated heterocycles. The molecule has 1 aromatic rings. The van der Waals surface area contributed by atoms with E-state index >= 15 is 0 Å². The maximum Gasteiger partial charge on any atom is 0.202 e. The number of anilines is 1. The first-order valence-corrected chi connectivity index (χ1v) is 8.09. The van der Waals surface area contributed by atoms with E-state index in [1.54, 1.807) is 0 Å². The highest BCUT2D eigenvalue weighted by molar-refractivity contribution is 7.09. The Kier molecular flexibility index (Phi) is 4.79. The van der Waals surface area contributed by atoms with Crippen molar-refractivity contribution in [3.05, 3.63) is 5.82 Å². The summed E-state index contributed by atoms with van der Waals surface area (Å²) in [6.45, 7) is 12.4. The molecule has 0 aliphatic carbocycles. The van der Waals surface area contributed by atoms with Crippen LogP contribution in [0.5, 0.6) is 0 Å². The van der Waals surface area contributed by atoms with Crippen LogP contribution in [0.1, 0.15) is 52.8 Å². The van der Waals surface area contributed by atoms with Gasteiger partial charge in [-0.05, 0) is 25.8 Å². The molecule has 1 fully saturated rings. The van der Waals surface area contributed by atoms with Crippen LogP contribution in [0.3, 0.4) is 0 Å². The molecule has 0 bridgehead atoms. The fraction of sp³-hybridized carbons (Fsp3) is 0.857. The van der Waals surface area contributed by atoms with Crippen LogP contribution in [0.4, 0.5) is 5.13 Å². The maximum absolute atomic E-state index is 4.61. The van der Waals surface area contributed by atoms with E-state index in [-0.39, 0.29) is 5.41 Å². The molecule has 1 aromatic heterocycles.